The summed E-state index contributed by atoms with van der Waals surface area (Å²) in [7, 11) is 0. The predicted molar refractivity (Wildman–Crippen MR) is 81.6 cm³/mol. The summed E-state index contributed by atoms with van der Waals surface area (Å²) in [5, 5.41) is 6.79. The number of nitrogens with one attached hydrogen (secondary N) is 1. The molecule has 6 nitrogen and oxygen atoms in total. The van der Waals surface area contributed by atoms with Crippen molar-refractivity contribution in [3.63, 3.8) is 0 Å². The number of hydrogen-bond acceptors (Lipinski definition) is 3. The number of anilines is 1. The minimum atomic E-state index is -0.772. The van der Waals surface area contributed by atoms with E-state index in [0.29, 0.717) is 5.69 Å². The first-order chi connectivity index (χ1) is 11.0. The van der Waals surface area contributed by atoms with Crippen LogP contribution in [0, 0.1) is 18.6 Å². The third-order valence-electron chi connectivity index (χ3n) is 3.16. The fourth-order valence-electron chi connectivity index (χ4n) is 2.12. The summed E-state index contributed by atoms with van der Waals surface area (Å²) >= 11 is 0. The zero-order chi connectivity index (χ0) is 16.4. The van der Waals surface area contributed by atoms with Gasteiger partial charge in [0, 0.05) is 24.5 Å². The van der Waals surface area contributed by atoms with Gasteiger partial charge in [-0.05, 0) is 25.1 Å². The molecule has 0 bridgehead atoms. The van der Waals surface area contributed by atoms with Crippen molar-refractivity contribution in [3.05, 3.63) is 53.9 Å². The van der Waals surface area contributed by atoms with E-state index < -0.39 is 17.7 Å². The van der Waals surface area contributed by atoms with Crippen LogP contribution in [0.3, 0.4) is 0 Å². The number of amides is 2. The smallest absolute Gasteiger partial charge is 0.292 e. The number of nitrogens with zero attached hydrogens (tertiary/aromatic N) is 4. The van der Waals surface area contributed by atoms with Crippen LogP contribution in [0.5, 0.6) is 0 Å². The number of aliphatic imine (C=N–C) groups is 1. The van der Waals surface area contributed by atoms with E-state index >= 15 is 0 Å². The van der Waals surface area contributed by atoms with Crippen LogP contribution >= 0.6 is 0 Å². The molecule has 2 heterocycles. The molecule has 1 N–H and O–H groups in total. The van der Waals surface area contributed by atoms with Crippen molar-refractivity contribution in [1.82, 2.24) is 14.7 Å². The van der Waals surface area contributed by atoms with Crippen LogP contribution in [0.1, 0.15) is 5.69 Å². The van der Waals surface area contributed by atoms with Gasteiger partial charge in [0.15, 0.2) is 5.82 Å². The second kappa shape index (κ2) is 5.99. The number of carbonyl (C=O) groups is 1. The van der Waals surface area contributed by atoms with Crippen LogP contribution < -0.4 is 5.32 Å². The number of urea groups is 1. The summed E-state index contributed by atoms with van der Waals surface area (Å²) in [5.74, 6) is -1.18. The summed E-state index contributed by atoms with van der Waals surface area (Å²) in [5.41, 5.74) is 0.623. The zero-order valence-electron chi connectivity index (χ0n) is 12.2. The molecule has 0 radical (unpaired) electrons. The molecule has 1 aromatic heterocycles. The van der Waals surface area contributed by atoms with E-state index in [1.54, 1.807) is 31.5 Å². The van der Waals surface area contributed by atoms with Gasteiger partial charge in [-0.3, -0.25) is 15.2 Å². The molecule has 1 aliphatic rings. The van der Waals surface area contributed by atoms with Gasteiger partial charge in [0.25, 0.3) is 0 Å². The molecule has 3 rings (SSSR count). The average Bonchev–Trinajstić information content (AvgIpc) is 2.88. The van der Waals surface area contributed by atoms with Gasteiger partial charge < -0.3 is 0 Å². The first-order valence-electron chi connectivity index (χ1n) is 6.81. The minimum absolute atomic E-state index is 0.0435. The first-order valence-corrected chi connectivity index (χ1v) is 6.81. The summed E-state index contributed by atoms with van der Waals surface area (Å²) in [4.78, 5) is 17.5. The Labute approximate surface area is 130 Å². The number of halogens is 2. The normalized spacial score (nSPS) is 13.4. The van der Waals surface area contributed by atoms with Crippen LogP contribution in [0.15, 0.2) is 41.5 Å². The number of hydrogen-bond donors (Lipinski definition) is 1. The first kappa shape index (κ1) is 14.9. The van der Waals surface area contributed by atoms with Crippen LogP contribution in [0.2, 0.25) is 0 Å². The van der Waals surface area contributed by atoms with Crippen LogP contribution in [0.25, 0.3) is 5.69 Å². The SMILES string of the molecule is Cc1cc(NC(=O)N2C=CC=NC2)n(-c2ccc(F)cc2F)n1. The lowest BCUT2D eigenvalue weighted by Crippen LogP contribution is -2.32. The number of carbonyl (C=O) groups excluding carboxylic acids is 1. The fraction of sp³-hybridized carbons (Fsp3) is 0.133. The summed E-state index contributed by atoms with van der Waals surface area (Å²) in [6, 6.07) is 4.32. The molecule has 0 saturated carbocycles. The molecule has 8 heteroatoms. The molecular weight excluding hydrogens is 304 g/mol. The van der Waals surface area contributed by atoms with Gasteiger partial charge in [-0.1, -0.05) is 0 Å². The van der Waals surface area contributed by atoms with Gasteiger partial charge >= 0.3 is 6.03 Å². The highest BCUT2D eigenvalue weighted by Crippen LogP contribution is 2.21. The second-order valence-electron chi connectivity index (χ2n) is 4.89. The largest absolute Gasteiger partial charge is 0.328 e. The molecule has 118 valence electrons. The van der Waals surface area contributed by atoms with Crippen LogP contribution in [-0.4, -0.2) is 33.6 Å². The van der Waals surface area contributed by atoms with Gasteiger partial charge in [-0.25, -0.2) is 18.3 Å². The van der Waals surface area contributed by atoms with Gasteiger partial charge in [-0.2, -0.15) is 5.10 Å². The highest BCUT2D eigenvalue weighted by molar-refractivity contribution is 5.90. The van der Waals surface area contributed by atoms with E-state index in [1.165, 1.54) is 15.6 Å². The highest BCUT2D eigenvalue weighted by atomic mass is 19.1. The number of benzene rings is 1. The van der Waals surface area contributed by atoms with E-state index in [9.17, 15) is 13.6 Å². The number of aryl methyl sites for hydroxylation is 1. The van der Waals surface area contributed by atoms with Gasteiger partial charge in [0.2, 0.25) is 0 Å². The Morgan fingerprint density at radius 2 is 2.13 bits per heavy atom. The standard InChI is InChI=1S/C15H13F2N5O/c1-10-7-14(19-15(23)21-6-2-5-18-9-21)22(20-10)13-4-3-11(16)8-12(13)17/h2-8H,9H2,1H3,(H,19,23). The zero-order valence-corrected chi connectivity index (χ0v) is 12.2. The van der Waals surface area contributed by atoms with Gasteiger partial charge in [-0.15, -0.1) is 0 Å². The Morgan fingerprint density at radius 1 is 1.30 bits per heavy atom. The van der Waals surface area contributed by atoms with Crippen molar-refractivity contribution in [2.24, 2.45) is 4.99 Å². The van der Waals surface area contributed by atoms with Crippen molar-refractivity contribution < 1.29 is 13.6 Å². The summed E-state index contributed by atoms with van der Waals surface area (Å²) in [6.45, 7) is 1.90. The van der Waals surface area contributed by atoms with Crippen molar-refractivity contribution in [2.45, 2.75) is 6.92 Å². The molecule has 0 aliphatic carbocycles. The van der Waals surface area contributed by atoms with Gasteiger partial charge in [0.05, 0.1) is 5.69 Å². The van der Waals surface area contributed by atoms with E-state index in [-0.39, 0.29) is 18.2 Å². The van der Waals surface area contributed by atoms with E-state index in [4.69, 9.17) is 0 Å². The molecule has 1 aliphatic heterocycles. The van der Waals surface area contributed by atoms with Crippen molar-refractivity contribution in [3.8, 4) is 5.69 Å². The number of aromatic nitrogens is 2. The molecule has 0 fully saturated rings. The van der Waals surface area contributed by atoms with Crippen LogP contribution in [0.4, 0.5) is 19.4 Å². The maximum Gasteiger partial charge on any atom is 0.328 e. The Hall–Kier alpha value is -3.03. The molecule has 0 saturated heterocycles. The molecule has 2 aromatic rings. The summed E-state index contributed by atoms with van der Waals surface area (Å²) in [6.07, 6.45) is 4.80. The minimum Gasteiger partial charge on any atom is -0.292 e. The number of allylic oxidation sites excluding steroid dienone is 1. The molecule has 0 atom stereocenters. The van der Waals surface area contributed by atoms with Gasteiger partial charge in [0.1, 0.15) is 24.0 Å². The number of rotatable bonds is 2. The molecule has 0 unspecified atom stereocenters. The van der Waals surface area contributed by atoms with Crippen molar-refractivity contribution >= 4 is 18.1 Å². The fourth-order valence-corrected chi connectivity index (χ4v) is 2.12. The molecule has 2 amide bonds. The third-order valence-corrected chi connectivity index (χ3v) is 3.16. The van der Waals surface area contributed by atoms with Crippen LogP contribution in [-0.2, 0) is 0 Å². The summed E-state index contributed by atoms with van der Waals surface area (Å²) < 4.78 is 28.2. The Balaban J connectivity index is 1.90. The van der Waals surface area contributed by atoms with E-state index in [0.717, 1.165) is 12.1 Å². The maximum atomic E-state index is 14.0. The lowest BCUT2D eigenvalue weighted by Gasteiger charge is -2.18. The average molecular weight is 317 g/mol. The lowest BCUT2D eigenvalue weighted by atomic mass is 10.3. The monoisotopic (exact) mass is 317 g/mol. The molecule has 0 spiro atoms. The predicted octanol–water partition coefficient (Wildman–Crippen LogP) is 2.85. The topological polar surface area (TPSA) is 62.5 Å². The Kier molecular flexibility index (Phi) is 3.88. The lowest BCUT2D eigenvalue weighted by molar-refractivity contribution is 0.229. The third kappa shape index (κ3) is 3.10. The highest BCUT2D eigenvalue weighted by Gasteiger charge is 2.17. The molecular formula is C15H13F2N5O. The molecule has 1 aromatic carbocycles. The Morgan fingerprint density at radius 3 is 2.83 bits per heavy atom. The maximum absolute atomic E-state index is 14.0. The Bertz CT molecular complexity index is 812. The quantitative estimate of drug-likeness (QED) is 0.926. The second-order valence-corrected chi connectivity index (χ2v) is 4.89. The van der Waals surface area contributed by atoms with Crippen molar-refractivity contribution in [2.75, 3.05) is 12.0 Å². The van der Waals surface area contributed by atoms with E-state index in [1.807, 2.05) is 0 Å². The molecule has 23 heavy (non-hydrogen) atoms. The van der Waals surface area contributed by atoms with Crippen molar-refractivity contribution in [1.29, 1.82) is 0 Å². The van der Waals surface area contributed by atoms with E-state index in [2.05, 4.69) is 15.4 Å².